The second-order valence-corrected chi connectivity index (χ2v) is 7.36. The molecule has 0 aromatic carbocycles. The standard InChI is InChI=1S/C20H30O4/c1-12-7-5-9-13(2)17(21)11-16-15(4)20(23)24-19(16)18(22)14(3)10-6-8-12/h7,14,16-19,21-22H,2,4-6,8-11H2,1,3H3/b12-7+/t14-,16-,17+,18+,19+/m0/s1. The summed E-state index contributed by atoms with van der Waals surface area (Å²) in [4.78, 5) is 11.9. The third kappa shape index (κ3) is 4.37. The zero-order valence-electron chi connectivity index (χ0n) is 14.8. The van der Waals surface area contributed by atoms with Gasteiger partial charge in [0.25, 0.3) is 0 Å². The van der Waals surface area contributed by atoms with Crippen molar-refractivity contribution in [1.29, 1.82) is 0 Å². The highest BCUT2D eigenvalue weighted by Crippen LogP contribution is 2.36. The van der Waals surface area contributed by atoms with Crippen LogP contribution in [0.3, 0.4) is 0 Å². The summed E-state index contributed by atoms with van der Waals surface area (Å²) in [5.74, 6) is -0.801. The van der Waals surface area contributed by atoms with E-state index < -0.39 is 24.3 Å². The van der Waals surface area contributed by atoms with Crippen molar-refractivity contribution in [3.8, 4) is 0 Å². The number of carbonyl (C=O) groups is 1. The van der Waals surface area contributed by atoms with Crippen LogP contribution in [0.5, 0.6) is 0 Å². The number of hydrogen-bond acceptors (Lipinski definition) is 4. The smallest absolute Gasteiger partial charge is 0.334 e. The van der Waals surface area contributed by atoms with E-state index in [1.54, 1.807) is 0 Å². The monoisotopic (exact) mass is 334 g/mol. The van der Waals surface area contributed by atoms with Crippen LogP contribution in [0.15, 0.2) is 36.0 Å². The number of esters is 1. The summed E-state index contributed by atoms with van der Waals surface area (Å²) in [6.45, 7) is 11.9. The quantitative estimate of drug-likeness (QED) is 0.405. The second kappa shape index (κ2) is 8.13. The summed E-state index contributed by atoms with van der Waals surface area (Å²) < 4.78 is 5.38. The van der Waals surface area contributed by atoms with Crippen LogP contribution in [-0.2, 0) is 9.53 Å². The van der Waals surface area contributed by atoms with Crippen LogP contribution in [0, 0.1) is 11.8 Å². The molecule has 5 atom stereocenters. The molecule has 1 aliphatic heterocycles. The Morgan fingerprint density at radius 3 is 2.67 bits per heavy atom. The molecule has 4 nitrogen and oxygen atoms in total. The normalized spacial score (nSPS) is 38.8. The van der Waals surface area contributed by atoms with E-state index in [0.717, 1.165) is 37.7 Å². The molecule has 1 fully saturated rings. The van der Waals surface area contributed by atoms with Crippen LogP contribution in [0.2, 0.25) is 0 Å². The van der Waals surface area contributed by atoms with Gasteiger partial charge in [-0.25, -0.2) is 4.79 Å². The Bertz CT molecular complexity index is 534. The number of carbonyl (C=O) groups excluding carboxylic acids is 1. The molecule has 2 rings (SSSR count). The van der Waals surface area contributed by atoms with Gasteiger partial charge in [0, 0.05) is 11.5 Å². The van der Waals surface area contributed by atoms with Gasteiger partial charge in [-0.15, -0.1) is 0 Å². The van der Waals surface area contributed by atoms with Crippen LogP contribution in [-0.4, -0.2) is 34.5 Å². The van der Waals surface area contributed by atoms with Gasteiger partial charge in [-0.2, -0.15) is 0 Å². The Balaban J connectivity index is 2.22. The molecule has 0 bridgehead atoms. The van der Waals surface area contributed by atoms with Gasteiger partial charge in [0.15, 0.2) is 0 Å². The Morgan fingerprint density at radius 2 is 1.96 bits per heavy atom. The van der Waals surface area contributed by atoms with E-state index in [1.807, 2.05) is 6.92 Å². The second-order valence-electron chi connectivity index (χ2n) is 7.36. The van der Waals surface area contributed by atoms with Gasteiger partial charge in [-0.1, -0.05) is 31.7 Å². The predicted octanol–water partition coefficient (Wildman–Crippen LogP) is 3.30. The summed E-state index contributed by atoms with van der Waals surface area (Å²) in [6, 6.07) is 0. The van der Waals surface area contributed by atoms with E-state index in [9.17, 15) is 15.0 Å². The molecule has 2 aliphatic rings. The molecular formula is C20H30O4. The number of allylic oxidation sites excluding steroid dienone is 2. The molecule has 0 aromatic rings. The lowest BCUT2D eigenvalue weighted by Crippen LogP contribution is -2.38. The summed E-state index contributed by atoms with van der Waals surface area (Å²) in [7, 11) is 0. The summed E-state index contributed by atoms with van der Waals surface area (Å²) >= 11 is 0. The number of rotatable bonds is 0. The minimum Gasteiger partial charge on any atom is -0.456 e. The van der Waals surface area contributed by atoms with Crippen LogP contribution >= 0.6 is 0 Å². The van der Waals surface area contributed by atoms with Crippen molar-refractivity contribution in [2.75, 3.05) is 0 Å². The SMILES string of the molecule is C=C1CC/C=C(\C)CCC[C@H](C)[C@@H](O)[C@@H]2OC(=O)C(=C)[C@@H]2C[C@H]1O. The predicted molar refractivity (Wildman–Crippen MR) is 94.3 cm³/mol. The highest BCUT2D eigenvalue weighted by atomic mass is 16.6. The van der Waals surface area contributed by atoms with Crippen LogP contribution in [0.25, 0.3) is 0 Å². The highest BCUT2D eigenvalue weighted by molar-refractivity contribution is 5.90. The van der Waals surface area contributed by atoms with Gasteiger partial charge in [0.1, 0.15) is 6.10 Å². The van der Waals surface area contributed by atoms with Gasteiger partial charge in [0.2, 0.25) is 0 Å². The lowest BCUT2D eigenvalue weighted by molar-refractivity contribution is -0.146. The molecule has 0 radical (unpaired) electrons. The average Bonchev–Trinajstić information content (AvgIpc) is 2.81. The molecule has 0 spiro atoms. The maximum Gasteiger partial charge on any atom is 0.334 e. The highest BCUT2D eigenvalue weighted by Gasteiger charge is 2.44. The molecule has 1 aliphatic carbocycles. The first-order valence-electron chi connectivity index (χ1n) is 8.90. The third-order valence-corrected chi connectivity index (χ3v) is 5.41. The van der Waals surface area contributed by atoms with Crippen molar-refractivity contribution in [2.45, 2.75) is 70.7 Å². The van der Waals surface area contributed by atoms with E-state index in [0.29, 0.717) is 12.0 Å². The molecule has 2 N–H and O–H groups in total. The van der Waals surface area contributed by atoms with Crippen molar-refractivity contribution >= 4 is 5.97 Å². The first-order valence-corrected chi connectivity index (χ1v) is 8.90. The maximum atomic E-state index is 11.9. The van der Waals surface area contributed by atoms with Gasteiger partial charge in [-0.05, 0) is 56.9 Å². The number of aliphatic hydroxyl groups is 2. The van der Waals surface area contributed by atoms with Crippen molar-refractivity contribution in [3.63, 3.8) is 0 Å². The van der Waals surface area contributed by atoms with Gasteiger partial charge in [-0.3, -0.25) is 0 Å². The number of ether oxygens (including phenoxy) is 1. The first kappa shape index (κ1) is 18.9. The molecule has 0 aromatic heterocycles. The lowest BCUT2D eigenvalue weighted by atomic mass is 9.82. The summed E-state index contributed by atoms with van der Waals surface area (Å²) in [6.07, 6.45) is 4.88. The van der Waals surface area contributed by atoms with E-state index in [4.69, 9.17) is 4.74 Å². The van der Waals surface area contributed by atoms with E-state index in [-0.39, 0.29) is 11.8 Å². The van der Waals surface area contributed by atoms with Crippen LogP contribution in [0.1, 0.15) is 52.4 Å². The molecule has 4 heteroatoms. The van der Waals surface area contributed by atoms with E-state index in [1.165, 1.54) is 5.57 Å². The van der Waals surface area contributed by atoms with Crippen molar-refractivity contribution in [1.82, 2.24) is 0 Å². The van der Waals surface area contributed by atoms with Crippen LogP contribution < -0.4 is 0 Å². The first-order chi connectivity index (χ1) is 11.3. The van der Waals surface area contributed by atoms with Crippen LogP contribution in [0.4, 0.5) is 0 Å². The van der Waals surface area contributed by atoms with Gasteiger partial charge >= 0.3 is 5.97 Å². The molecule has 24 heavy (non-hydrogen) atoms. The van der Waals surface area contributed by atoms with Crippen molar-refractivity contribution < 1.29 is 19.7 Å². The van der Waals surface area contributed by atoms with E-state index in [2.05, 4.69) is 26.2 Å². The topological polar surface area (TPSA) is 66.8 Å². The molecule has 0 unspecified atom stereocenters. The van der Waals surface area contributed by atoms with Crippen molar-refractivity contribution in [2.24, 2.45) is 11.8 Å². The maximum absolute atomic E-state index is 11.9. The Hall–Kier alpha value is -1.39. The fourth-order valence-electron chi connectivity index (χ4n) is 3.59. The Morgan fingerprint density at radius 1 is 1.25 bits per heavy atom. The third-order valence-electron chi connectivity index (χ3n) is 5.41. The fraction of sp³-hybridized carbons (Fsp3) is 0.650. The van der Waals surface area contributed by atoms with Gasteiger partial charge in [0.05, 0.1) is 12.2 Å². The largest absolute Gasteiger partial charge is 0.456 e. The minimum atomic E-state index is -0.745. The summed E-state index contributed by atoms with van der Waals surface area (Å²) in [5, 5.41) is 21.1. The summed E-state index contributed by atoms with van der Waals surface area (Å²) in [5.41, 5.74) is 2.43. The van der Waals surface area contributed by atoms with Gasteiger partial charge < -0.3 is 14.9 Å². The molecule has 1 saturated heterocycles. The molecule has 1 heterocycles. The lowest BCUT2D eigenvalue weighted by Gasteiger charge is -2.29. The average molecular weight is 334 g/mol. The minimum absolute atomic E-state index is 0.0206. The van der Waals surface area contributed by atoms with Crippen molar-refractivity contribution in [3.05, 3.63) is 36.0 Å². The van der Waals surface area contributed by atoms with E-state index >= 15 is 0 Å². The molecule has 0 amide bonds. The number of hydrogen-bond donors (Lipinski definition) is 2. The molecular weight excluding hydrogens is 304 g/mol. The zero-order valence-corrected chi connectivity index (χ0v) is 14.8. The Kier molecular flexibility index (Phi) is 6.41. The number of aliphatic hydroxyl groups excluding tert-OH is 2. The fourth-order valence-corrected chi connectivity index (χ4v) is 3.59. The molecule has 0 saturated carbocycles. The number of fused-ring (bicyclic) bond motifs is 1. The Labute approximate surface area is 144 Å². The zero-order chi connectivity index (χ0) is 17.9. The molecule has 134 valence electrons.